The van der Waals surface area contributed by atoms with Crippen LogP contribution < -0.4 is 15.6 Å². The minimum absolute atomic E-state index is 0.180. The molecular formula is C38H59N5O4. The largest absolute Gasteiger partial charge is 0.442 e. The Balaban J connectivity index is 1.57. The second-order valence-electron chi connectivity index (χ2n) is 16.2. The Hall–Kier alpha value is -2.91. The van der Waals surface area contributed by atoms with Gasteiger partial charge in [-0.1, -0.05) is 38.2 Å². The Kier molecular flexibility index (Phi) is 11.7. The summed E-state index contributed by atoms with van der Waals surface area (Å²) in [7, 11) is 0. The van der Waals surface area contributed by atoms with Crippen molar-refractivity contribution in [1.82, 2.24) is 20.6 Å². The SMILES string of the molecule is CC(C)(C)OC(=O)N(C(=O)OC(C)(C)C)N(c1ccc2cnccc2c1)C1CNCC2CCCC(C2)NCCCCC2CCC1CC2. The van der Waals surface area contributed by atoms with Gasteiger partial charge in [0.1, 0.15) is 11.2 Å². The normalized spacial score (nSPS) is 26.4. The highest BCUT2D eigenvalue weighted by molar-refractivity contribution is 5.92. The molecule has 2 aliphatic heterocycles. The molecule has 4 aliphatic rings. The van der Waals surface area contributed by atoms with Gasteiger partial charge in [-0.3, -0.25) is 9.99 Å². The quantitative estimate of drug-likeness (QED) is 0.321. The second-order valence-corrected chi connectivity index (χ2v) is 16.2. The zero-order valence-electron chi connectivity index (χ0n) is 29.7. The molecule has 2 saturated heterocycles. The van der Waals surface area contributed by atoms with E-state index in [1.54, 1.807) is 6.20 Å². The maximum atomic E-state index is 14.2. The van der Waals surface area contributed by atoms with Crippen LogP contribution >= 0.6 is 0 Å². The van der Waals surface area contributed by atoms with Crippen molar-refractivity contribution >= 4 is 28.6 Å². The maximum Gasteiger partial charge on any atom is 0.439 e. The minimum atomic E-state index is -0.805. The van der Waals surface area contributed by atoms with Crippen LogP contribution in [0.5, 0.6) is 0 Å². The molecule has 4 bridgehead atoms. The van der Waals surface area contributed by atoms with Crippen LogP contribution in [0.3, 0.4) is 0 Å². The first kappa shape index (κ1) is 35.4. The number of ether oxygens (including phenoxy) is 2. The summed E-state index contributed by atoms with van der Waals surface area (Å²) in [6.07, 6.45) is 15.3. The van der Waals surface area contributed by atoms with Gasteiger partial charge in [0.15, 0.2) is 0 Å². The van der Waals surface area contributed by atoms with E-state index in [2.05, 4.69) is 21.7 Å². The Bertz CT molecular complexity index is 1300. The van der Waals surface area contributed by atoms with Crippen LogP contribution in [0.15, 0.2) is 36.7 Å². The number of hydrogen-bond donors (Lipinski definition) is 2. The van der Waals surface area contributed by atoms with Crippen LogP contribution in [-0.2, 0) is 9.47 Å². The van der Waals surface area contributed by atoms with Crippen molar-refractivity contribution in [3.63, 3.8) is 0 Å². The van der Waals surface area contributed by atoms with Gasteiger partial charge in [-0.15, -0.1) is 5.01 Å². The molecule has 3 heterocycles. The molecule has 3 unspecified atom stereocenters. The van der Waals surface area contributed by atoms with Gasteiger partial charge in [-0.2, -0.15) is 0 Å². The molecule has 4 fully saturated rings. The molecule has 260 valence electrons. The van der Waals surface area contributed by atoms with Crippen molar-refractivity contribution in [2.45, 2.75) is 135 Å². The highest BCUT2D eigenvalue weighted by Crippen LogP contribution is 2.38. The van der Waals surface area contributed by atoms with Crippen LogP contribution in [-0.4, -0.2) is 65.1 Å². The number of carbonyl (C=O) groups is 2. The fraction of sp³-hybridized carbons (Fsp3) is 0.711. The van der Waals surface area contributed by atoms with Crippen molar-refractivity contribution in [2.75, 3.05) is 24.6 Å². The summed E-state index contributed by atoms with van der Waals surface area (Å²) in [5.74, 6) is 1.59. The number of anilines is 1. The van der Waals surface area contributed by atoms with E-state index < -0.39 is 23.4 Å². The van der Waals surface area contributed by atoms with Crippen molar-refractivity contribution < 1.29 is 19.1 Å². The number of fused-ring (bicyclic) bond motifs is 10. The number of amides is 2. The van der Waals surface area contributed by atoms with Crippen molar-refractivity contribution in [3.05, 3.63) is 36.7 Å². The molecular weight excluding hydrogens is 590 g/mol. The first-order valence-corrected chi connectivity index (χ1v) is 18.2. The third-order valence-electron chi connectivity index (χ3n) is 10.0. The lowest BCUT2D eigenvalue weighted by atomic mass is 9.76. The lowest BCUT2D eigenvalue weighted by Gasteiger charge is -2.45. The zero-order valence-corrected chi connectivity index (χ0v) is 29.7. The Morgan fingerprint density at radius 3 is 2.19 bits per heavy atom. The van der Waals surface area contributed by atoms with E-state index in [1.165, 1.54) is 44.9 Å². The van der Waals surface area contributed by atoms with Crippen LogP contribution in [0.1, 0.15) is 112 Å². The summed E-state index contributed by atoms with van der Waals surface area (Å²) in [5, 5.41) is 12.8. The predicted molar refractivity (Wildman–Crippen MR) is 188 cm³/mol. The molecule has 2 aromatic rings. The average Bonchev–Trinajstić information content (AvgIpc) is 3.00. The van der Waals surface area contributed by atoms with Gasteiger partial charge >= 0.3 is 12.2 Å². The molecule has 2 amide bonds. The van der Waals surface area contributed by atoms with Crippen molar-refractivity contribution in [1.29, 1.82) is 0 Å². The molecule has 2 N–H and O–H groups in total. The second kappa shape index (κ2) is 15.5. The Morgan fingerprint density at radius 1 is 0.787 bits per heavy atom. The third kappa shape index (κ3) is 10.0. The number of nitrogens with zero attached hydrogens (tertiary/aromatic N) is 3. The van der Waals surface area contributed by atoms with Crippen LogP contribution in [0.2, 0.25) is 0 Å². The number of rotatable bonds is 3. The molecule has 3 atom stereocenters. The fourth-order valence-corrected chi connectivity index (χ4v) is 7.81. The van der Waals surface area contributed by atoms with Gasteiger partial charge in [0.05, 0.1) is 11.7 Å². The molecule has 47 heavy (non-hydrogen) atoms. The smallest absolute Gasteiger partial charge is 0.439 e. The number of benzene rings is 1. The number of pyridine rings is 1. The van der Waals surface area contributed by atoms with Crippen molar-refractivity contribution in [2.24, 2.45) is 17.8 Å². The molecule has 9 nitrogen and oxygen atoms in total. The van der Waals surface area contributed by atoms with Gasteiger partial charge in [0.2, 0.25) is 0 Å². The van der Waals surface area contributed by atoms with Crippen LogP contribution in [0.25, 0.3) is 10.8 Å². The topological polar surface area (TPSA) is 96.0 Å². The van der Waals surface area contributed by atoms with Gasteiger partial charge in [0, 0.05) is 30.4 Å². The summed E-state index contributed by atoms with van der Waals surface area (Å²) in [5.41, 5.74) is -0.855. The molecule has 1 aromatic carbocycles. The van der Waals surface area contributed by atoms with E-state index in [0.29, 0.717) is 18.5 Å². The van der Waals surface area contributed by atoms with E-state index in [-0.39, 0.29) is 12.0 Å². The predicted octanol–water partition coefficient (Wildman–Crippen LogP) is 8.23. The average molecular weight is 650 g/mol. The maximum absolute atomic E-state index is 14.2. The standard InChI is InChI=1S/C38H59N5O4/c1-37(2,3)46-35(44)43(36(45)47-38(4,5)6)42(33-18-17-31-25-39-21-19-30(31)23-33)34-26-40-24-28-11-9-12-32(22-28)41-20-8-7-10-27-13-15-29(34)16-14-27/h17-19,21,23,25,27-29,32,34,40-41H,7-16,20,22,24,26H2,1-6H3. The first-order valence-electron chi connectivity index (χ1n) is 18.2. The highest BCUT2D eigenvalue weighted by atomic mass is 16.6. The number of carbonyl (C=O) groups excluding carboxylic acids is 2. The lowest BCUT2D eigenvalue weighted by molar-refractivity contribution is -0.00537. The summed E-state index contributed by atoms with van der Waals surface area (Å²) < 4.78 is 11.9. The van der Waals surface area contributed by atoms with Gasteiger partial charge < -0.3 is 20.1 Å². The number of imide groups is 1. The summed E-state index contributed by atoms with van der Waals surface area (Å²) in [4.78, 5) is 32.7. The van der Waals surface area contributed by atoms with Crippen LogP contribution in [0.4, 0.5) is 15.3 Å². The van der Waals surface area contributed by atoms with E-state index in [4.69, 9.17) is 9.47 Å². The van der Waals surface area contributed by atoms with Crippen molar-refractivity contribution in [3.8, 4) is 0 Å². The Morgan fingerprint density at radius 2 is 1.49 bits per heavy atom. The van der Waals surface area contributed by atoms with Crippen LogP contribution in [0, 0.1) is 17.8 Å². The molecule has 0 radical (unpaired) electrons. The van der Waals surface area contributed by atoms with E-state index in [0.717, 1.165) is 66.2 Å². The first-order chi connectivity index (χ1) is 22.4. The third-order valence-corrected chi connectivity index (χ3v) is 10.0. The molecule has 2 aliphatic carbocycles. The summed E-state index contributed by atoms with van der Waals surface area (Å²) >= 11 is 0. The number of nitrogens with one attached hydrogen (secondary N) is 2. The molecule has 0 spiro atoms. The number of hydrogen-bond acceptors (Lipinski definition) is 8. The Labute approximate surface area is 282 Å². The number of aromatic nitrogens is 1. The van der Waals surface area contributed by atoms with Gasteiger partial charge in [-0.25, -0.2) is 9.59 Å². The van der Waals surface area contributed by atoms with E-state index >= 15 is 0 Å². The molecule has 9 heteroatoms. The minimum Gasteiger partial charge on any atom is -0.442 e. The van der Waals surface area contributed by atoms with E-state index in [1.807, 2.05) is 70.9 Å². The summed E-state index contributed by atoms with van der Waals surface area (Å²) in [6, 6.07) is 8.45. The summed E-state index contributed by atoms with van der Waals surface area (Å²) in [6.45, 7) is 13.6. The lowest BCUT2D eigenvalue weighted by Crippen LogP contribution is -2.61. The molecule has 2 saturated carbocycles. The van der Waals surface area contributed by atoms with Gasteiger partial charge in [0.25, 0.3) is 0 Å². The molecule has 1 aromatic heterocycles. The van der Waals surface area contributed by atoms with E-state index in [9.17, 15) is 9.59 Å². The fourth-order valence-electron chi connectivity index (χ4n) is 7.81. The highest BCUT2D eigenvalue weighted by Gasteiger charge is 2.42. The monoisotopic (exact) mass is 649 g/mol. The zero-order chi connectivity index (χ0) is 33.6. The molecule has 6 rings (SSSR count). The number of hydrazine groups is 1. The van der Waals surface area contributed by atoms with Gasteiger partial charge in [-0.05, 0) is 134 Å².